The average Bonchev–Trinajstić information content (AvgIpc) is 3.63. The molecule has 1 aliphatic carbocycles. The zero-order valence-corrected chi connectivity index (χ0v) is 24.7. The van der Waals surface area contributed by atoms with Gasteiger partial charge in [-0.2, -0.15) is 0 Å². The minimum Gasteiger partial charge on any atom is -0.504 e. The lowest BCUT2D eigenvalue weighted by Crippen LogP contribution is -2.67. The molecule has 2 saturated heterocycles. The molecule has 2 heterocycles. The highest BCUT2D eigenvalue weighted by molar-refractivity contribution is 6.30. The first kappa shape index (κ1) is 32.1. The van der Waals surface area contributed by atoms with E-state index in [1.807, 2.05) is 12.1 Å². The zero-order valence-electron chi connectivity index (χ0n) is 23.9. The van der Waals surface area contributed by atoms with Gasteiger partial charge < -0.3 is 54.6 Å². The lowest BCUT2D eigenvalue weighted by atomic mass is 9.83. The molecule has 0 radical (unpaired) electrons. The van der Waals surface area contributed by atoms with Crippen molar-refractivity contribution in [3.8, 4) is 11.5 Å². The van der Waals surface area contributed by atoms with Crippen LogP contribution >= 0.6 is 11.6 Å². The molecular weight excluding hydrogens is 600 g/mol. The second-order valence-electron chi connectivity index (χ2n) is 10.9. The number of fused-ring (bicyclic) bond motifs is 1. The van der Waals surface area contributed by atoms with Crippen LogP contribution in [0.25, 0.3) is 6.08 Å². The van der Waals surface area contributed by atoms with Crippen LogP contribution in [0.3, 0.4) is 0 Å². The van der Waals surface area contributed by atoms with Crippen molar-refractivity contribution in [2.24, 2.45) is 5.16 Å². The molecule has 2 aromatic rings. The number of amides is 1. The molecule has 0 aromatic heterocycles. The number of halogens is 1. The van der Waals surface area contributed by atoms with Gasteiger partial charge in [-0.3, -0.25) is 4.79 Å². The minimum atomic E-state index is -1.47. The molecule has 1 amide bonds. The third kappa shape index (κ3) is 7.16. The molecule has 238 valence electrons. The highest BCUT2D eigenvalue weighted by Gasteiger charge is 2.53. The number of nitrogens with one attached hydrogen (secondary N) is 1. The summed E-state index contributed by atoms with van der Waals surface area (Å²) in [6.45, 7) is 3.26. The van der Waals surface area contributed by atoms with E-state index in [0.717, 1.165) is 5.56 Å². The van der Waals surface area contributed by atoms with Crippen LogP contribution in [-0.2, 0) is 30.4 Å². The monoisotopic (exact) mass is 634 g/mol. The number of hydrogen-bond acceptors (Lipinski definition) is 12. The molecule has 1 saturated carbocycles. The minimum absolute atomic E-state index is 0.103. The Morgan fingerprint density at radius 2 is 1.75 bits per heavy atom. The van der Waals surface area contributed by atoms with Crippen LogP contribution in [0.4, 0.5) is 0 Å². The molecule has 0 spiro atoms. The molecule has 44 heavy (non-hydrogen) atoms. The maximum Gasteiger partial charge on any atom is 0.247 e. The van der Waals surface area contributed by atoms with Crippen molar-refractivity contribution in [3.05, 3.63) is 64.2 Å². The van der Waals surface area contributed by atoms with Gasteiger partial charge in [-0.1, -0.05) is 35.0 Å². The molecular formula is C30H35ClN2O11. The van der Waals surface area contributed by atoms with Crippen LogP contribution in [-0.4, -0.2) is 99.0 Å². The number of nitrogens with zero attached hydrogens (tertiary/aromatic N) is 1. The Labute approximate surface area is 258 Å². The summed E-state index contributed by atoms with van der Waals surface area (Å²) >= 11 is 5.89. The molecule has 14 heteroatoms. The van der Waals surface area contributed by atoms with Crippen LogP contribution in [0.1, 0.15) is 31.4 Å². The van der Waals surface area contributed by atoms with Crippen LogP contribution in [0, 0.1) is 0 Å². The van der Waals surface area contributed by atoms with E-state index in [1.54, 1.807) is 25.1 Å². The van der Waals surface area contributed by atoms with Gasteiger partial charge >= 0.3 is 0 Å². The lowest BCUT2D eigenvalue weighted by molar-refractivity contribution is -0.155. The van der Waals surface area contributed by atoms with E-state index >= 15 is 0 Å². The van der Waals surface area contributed by atoms with Gasteiger partial charge in [0.05, 0.1) is 17.9 Å². The number of oxime groups is 1. The van der Waals surface area contributed by atoms with Crippen LogP contribution in [0.5, 0.6) is 11.5 Å². The van der Waals surface area contributed by atoms with Crippen molar-refractivity contribution >= 4 is 29.3 Å². The molecule has 2 aromatic carbocycles. The first-order chi connectivity index (χ1) is 21.0. The van der Waals surface area contributed by atoms with E-state index in [0.29, 0.717) is 16.3 Å². The second kappa shape index (κ2) is 13.8. The van der Waals surface area contributed by atoms with Crippen LogP contribution in [0.15, 0.2) is 53.2 Å². The highest BCUT2D eigenvalue weighted by atomic mass is 35.5. The van der Waals surface area contributed by atoms with Crippen molar-refractivity contribution in [2.75, 3.05) is 6.79 Å². The Hall–Kier alpha value is -3.27. The molecule has 2 aliphatic heterocycles. The lowest BCUT2D eigenvalue weighted by Gasteiger charge is -2.41. The number of phenols is 1. The summed E-state index contributed by atoms with van der Waals surface area (Å²) in [4.78, 5) is 18.2. The fourth-order valence-corrected chi connectivity index (χ4v) is 5.45. The number of carbonyl (C=O) groups excluding carboxylic acids is 1. The van der Waals surface area contributed by atoms with Gasteiger partial charge in [0.2, 0.25) is 12.2 Å². The summed E-state index contributed by atoms with van der Waals surface area (Å²) in [7, 11) is 0. The molecule has 3 fully saturated rings. The molecule has 3 aliphatic rings. The van der Waals surface area contributed by atoms with Gasteiger partial charge in [-0.15, -0.1) is 0 Å². The van der Waals surface area contributed by atoms with Crippen LogP contribution in [0.2, 0.25) is 5.02 Å². The maximum atomic E-state index is 12.8. The average molecular weight is 635 g/mol. The number of benzene rings is 2. The Kier molecular flexibility index (Phi) is 10.1. The van der Waals surface area contributed by atoms with E-state index in [1.165, 1.54) is 25.1 Å². The Morgan fingerprint density at radius 1 is 1.05 bits per heavy atom. The number of aromatic hydroxyl groups is 1. The zero-order chi connectivity index (χ0) is 31.5. The highest BCUT2D eigenvalue weighted by Crippen LogP contribution is 2.33. The summed E-state index contributed by atoms with van der Waals surface area (Å²) in [6, 6.07) is 10.4. The first-order valence-corrected chi connectivity index (χ1v) is 14.4. The number of aliphatic hydroxyl groups excluding tert-OH is 4. The third-order valence-electron chi connectivity index (χ3n) is 7.73. The first-order valence-electron chi connectivity index (χ1n) is 14.0. The topological polar surface area (TPSA) is 189 Å². The van der Waals surface area contributed by atoms with Crippen molar-refractivity contribution in [1.29, 1.82) is 0 Å². The number of hydrogen-bond donors (Lipinski definition) is 6. The maximum absolute atomic E-state index is 12.8. The summed E-state index contributed by atoms with van der Waals surface area (Å²) < 4.78 is 22.1. The van der Waals surface area contributed by atoms with E-state index in [2.05, 4.69) is 10.5 Å². The van der Waals surface area contributed by atoms with E-state index in [9.17, 15) is 30.3 Å². The fraction of sp³-hybridized carbons (Fsp3) is 0.467. The van der Waals surface area contributed by atoms with Crippen LogP contribution < -0.4 is 10.1 Å². The van der Waals surface area contributed by atoms with Gasteiger partial charge in [0.15, 0.2) is 11.5 Å². The van der Waals surface area contributed by atoms with E-state index in [-0.39, 0.29) is 36.9 Å². The Balaban J connectivity index is 1.15. The Bertz CT molecular complexity index is 1390. The summed E-state index contributed by atoms with van der Waals surface area (Å²) in [5.41, 5.74) is 1.96. The normalized spacial score (nSPS) is 32.3. The standard InChI is InChI=1S/C30H35ClN2O11/c1-14(30(39)32-23-24(36)26(38)29-28(25(23)37)40-13-41-29)9-17-5-8-21(19(34)10-17)43-22-11-20(35)27(44-22)15(2)33-42-12-16-3-6-18(31)7-4-16/h3-10,20,22-29,34-38H,11-13H2,1-2H3,(H,32,39)/b14-9+,33-15-/t20-,22+,23+,24-,25+,26+,27+,28-,29+/m0/s1. The number of phenolic OH excluding ortho intramolecular Hbond substituents is 1. The number of aliphatic hydroxyl groups is 4. The quantitative estimate of drug-likeness (QED) is 0.132. The molecule has 0 bridgehead atoms. The van der Waals surface area contributed by atoms with Crippen molar-refractivity contribution < 1.29 is 54.1 Å². The SMILES string of the molecule is C/C(=N/OCc1ccc(Cl)cc1)[C@H]1O[C@@H](Oc2ccc(/C=C(\C)C(=O)N[C@@H]3[C@H](O)[C@@H](O)[C@H]4OCO[C@H]4[C@@H]3O)cc2O)C[C@@H]1O. The molecule has 13 nitrogen and oxygen atoms in total. The third-order valence-corrected chi connectivity index (χ3v) is 7.98. The van der Waals surface area contributed by atoms with Crippen molar-refractivity contribution in [2.45, 2.75) is 81.9 Å². The number of carbonyl (C=O) groups is 1. The molecule has 0 unspecified atom stereocenters. The van der Waals surface area contributed by atoms with E-state index < -0.39 is 61.0 Å². The molecule has 9 atom stereocenters. The summed E-state index contributed by atoms with van der Waals surface area (Å²) in [5, 5.41) is 59.6. The smallest absolute Gasteiger partial charge is 0.247 e. The largest absolute Gasteiger partial charge is 0.504 e. The fourth-order valence-electron chi connectivity index (χ4n) is 5.33. The summed E-state index contributed by atoms with van der Waals surface area (Å²) in [6.07, 6.45) is -6.84. The van der Waals surface area contributed by atoms with E-state index in [4.69, 9.17) is 35.4 Å². The summed E-state index contributed by atoms with van der Waals surface area (Å²) in [5.74, 6) is -0.728. The number of ether oxygens (including phenoxy) is 4. The van der Waals surface area contributed by atoms with Gasteiger partial charge in [-0.05, 0) is 55.3 Å². The molecule has 6 N–H and O–H groups in total. The van der Waals surface area contributed by atoms with Crippen molar-refractivity contribution in [1.82, 2.24) is 5.32 Å². The van der Waals surface area contributed by atoms with Crippen molar-refractivity contribution in [3.63, 3.8) is 0 Å². The number of rotatable bonds is 9. The predicted molar refractivity (Wildman–Crippen MR) is 156 cm³/mol. The van der Waals surface area contributed by atoms with Gasteiger partial charge in [-0.25, -0.2) is 0 Å². The predicted octanol–water partition coefficient (Wildman–Crippen LogP) is 1.22. The Morgan fingerprint density at radius 3 is 2.45 bits per heavy atom. The molecule has 5 rings (SSSR count). The second-order valence-corrected chi connectivity index (χ2v) is 11.4. The van der Waals surface area contributed by atoms with Gasteiger partial charge in [0.25, 0.3) is 0 Å². The van der Waals surface area contributed by atoms with Gasteiger partial charge in [0.1, 0.15) is 50.0 Å². The van der Waals surface area contributed by atoms with Gasteiger partial charge in [0, 0.05) is 17.0 Å².